The smallest absolute Gasteiger partial charge is 0.118 e. The largest absolute Gasteiger partial charge is 0.497 e. The van der Waals surface area contributed by atoms with Crippen LogP contribution in [0.5, 0.6) is 5.75 Å². The maximum absolute atomic E-state index is 10.7. The Kier molecular flexibility index (Phi) is 8.91. The first-order valence-corrected chi connectivity index (χ1v) is 7.52. The van der Waals surface area contributed by atoms with Gasteiger partial charge in [0.1, 0.15) is 5.75 Å². The van der Waals surface area contributed by atoms with Gasteiger partial charge in [0.2, 0.25) is 0 Å². The van der Waals surface area contributed by atoms with E-state index in [1.165, 1.54) is 12.0 Å². The fourth-order valence-electron chi connectivity index (χ4n) is 2.80. The Bertz CT molecular complexity index is 356. The van der Waals surface area contributed by atoms with E-state index in [1.54, 1.807) is 7.11 Å². The molecule has 0 aliphatic heterocycles. The van der Waals surface area contributed by atoms with E-state index < -0.39 is 5.60 Å². The summed E-state index contributed by atoms with van der Waals surface area (Å²) >= 11 is 0. The SMILES string of the molecule is CC.COc1ccc(C(C)C2(O)CCCCC2)cc1.Cl. The van der Waals surface area contributed by atoms with E-state index in [1.807, 2.05) is 26.0 Å². The van der Waals surface area contributed by atoms with Gasteiger partial charge in [0.15, 0.2) is 0 Å². The predicted molar refractivity (Wildman–Crippen MR) is 88.0 cm³/mol. The Hall–Kier alpha value is -0.730. The number of ether oxygens (including phenoxy) is 1. The fraction of sp³-hybridized carbons (Fsp3) is 0.647. The lowest BCUT2D eigenvalue weighted by Crippen LogP contribution is -2.36. The van der Waals surface area contributed by atoms with Crippen LogP contribution in [0.25, 0.3) is 0 Å². The highest BCUT2D eigenvalue weighted by atomic mass is 35.5. The van der Waals surface area contributed by atoms with Crippen molar-refractivity contribution in [3.05, 3.63) is 29.8 Å². The van der Waals surface area contributed by atoms with Crippen molar-refractivity contribution in [2.24, 2.45) is 0 Å². The highest BCUT2D eigenvalue weighted by molar-refractivity contribution is 5.85. The summed E-state index contributed by atoms with van der Waals surface area (Å²) in [6.45, 7) is 6.13. The molecular weight excluding hydrogens is 272 g/mol. The van der Waals surface area contributed by atoms with Crippen LogP contribution in [0, 0.1) is 0 Å². The van der Waals surface area contributed by atoms with Crippen LogP contribution in [-0.4, -0.2) is 17.8 Å². The van der Waals surface area contributed by atoms with Crippen molar-refractivity contribution in [3.63, 3.8) is 0 Å². The van der Waals surface area contributed by atoms with E-state index in [0.717, 1.165) is 31.4 Å². The second-order valence-corrected chi connectivity index (χ2v) is 5.16. The molecule has 20 heavy (non-hydrogen) atoms. The van der Waals surface area contributed by atoms with Crippen molar-refractivity contribution >= 4 is 12.4 Å². The zero-order valence-electron chi connectivity index (χ0n) is 13.2. The molecule has 0 heterocycles. The van der Waals surface area contributed by atoms with Gasteiger partial charge in [-0.25, -0.2) is 0 Å². The van der Waals surface area contributed by atoms with Gasteiger partial charge in [-0.1, -0.05) is 52.2 Å². The van der Waals surface area contributed by atoms with Gasteiger partial charge in [0, 0.05) is 5.92 Å². The van der Waals surface area contributed by atoms with Crippen LogP contribution in [0.2, 0.25) is 0 Å². The number of aliphatic hydroxyl groups is 1. The van der Waals surface area contributed by atoms with E-state index >= 15 is 0 Å². The van der Waals surface area contributed by atoms with Gasteiger partial charge in [0.25, 0.3) is 0 Å². The molecule has 1 fully saturated rings. The number of hydrogen-bond acceptors (Lipinski definition) is 2. The molecule has 116 valence electrons. The molecule has 1 saturated carbocycles. The molecule has 1 N–H and O–H groups in total. The summed E-state index contributed by atoms with van der Waals surface area (Å²) in [6, 6.07) is 8.07. The zero-order chi connectivity index (χ0) is 14.3. The van der Waals surface area contributed by atoms with Crippen molar-refractivity contribution in [1.82, 2.24) is 0 Å². The molecule has 2 rings (SSSR count). The lowest BCUT2D eigenvalue weighted by molar-refractivity contribution is -0.0168. The highest BCUT2D eigenvalue weighted by Gasteiger charge is 2.35. The summed E-state index contributed by atoms with van der Waals surface area (Å²) in [5.74, 6) is 1.07. The third kappa shape index (κ3) is 4.68. The van der Waals surface area contributed by atoms with E-state index in [2.05, 4.69) is 19.1 Å². The Labute approximate surface area is 130 Å². The molecule has 0 bridgehead atoms. The maximum Gasteiger partial charge on any atom is 0.118 e. The van der Waals surface area contributed by atoms with Crippen LogP contribution in [0.15, 0.2) is 24.3 Å². The molecule has 1 aromatic carbocycles. The third-order valence-corrected chi connectivity index (χ3v) is 4.14. The van der Waals surface area contributed by atoms with E-state index in [-0.39, 0.29) is 18.3 Å². The molecular formula is C17H29ClO2. The maximum atomic E-state index is 10.7. The van der Waals surface area contributed by atoms with E-state index in [0.29, 0.717) is 0 Å². The Balaban J connectivity index is 0.00000115. The van der Waals surface area contributed by atoms with E-state index in [9.17, 15) is 5.11 Å². The quantitative estimate of drug-likeness (QED) is 0.856. The second kappa shape index (κ2) is 9.25. The van der Waals surface area contributed by atoms with Crippen LogP contribution in [0.3, 0.4) is 0 Å². The second-order valence-electron chi connectivity index (χ2n) is 5.16. The number of rotatable bonds is 3. The number of benzene rings is 1. The molecule has 0 radical (unpaired) electrons. The highest BCUT2D eigenvalue weighted by Crippen LogP contribution is 2.39. The van der Waals surface area contributed by atoms with Gasteiger partial charge in [-0.05, 0) is 30.5 Å². The third-order valence-electron chi connectivity index (χ3n) is 4.14. The Morgan fingerprint density at radius 3 is 2.00 bits per heavy atom. The minimum Gasteiger partial charge on any atom is -0.497 e. The van der Waals surface area contributed by atoms with Gasteiger partial charge in [-0.3, -0.25) is 0 Å². The van der Waals surface area contributed by atoms with Gasteiger partial charge in [0.05, 0.1) is 12.7 Å². The lowest BCUT2D eigenvalue weighted by atomic mass is 9.74. The lowest BCUT2D eigenvalue weighted by Gasteiger charge is -2.37. The van der Waals surface area contributed by atoms with Gasteiger partial charge in [-0.15, -0.1) is 12.4 Å². The summed E-state index contributed by atoms with van der Waals surface area (Å²) in [5.41, 5.74) is 0.697. The Morgan fingerprint density at radius 1 is 1.05 bits per heavy atom. The average Bonchev–Trinajstić information content (AvgIpc) is 2.49. The molecule has 0 spiro atoms. The molecule has 2 nitrogen and oxygen atoms in total. The van der Waals surface area contributed by atoms with Crippen LogP contribution < -0.4 is 4.74 Å². The van der Waals surface area contributed by atoms with Crippen molar-refractivity contribution in [2.45, 2.75) is 64.4 Å². The summed E-state index contributed by atoms with van der Waals surface area (Å²) in [5, 5.41) is 10.7. The van der Waals surface area contributed by atoms with Gasteiger partial charge in [-0.2, -0.15) is 0 Å². The molecule has 1 atom stereocenters. The van der Waals surface area contributed by atoms with Crippen LogP contribution >= 0.6 is 12.4 Å². The topological polar surface area (TPSA) is 29.5 Å². The summed E-state index contributed by atoms with van der Waals surface area (Å²) in [4.78, 5) is 0. The van der Waals surface area contributed by atoms with E-state index in [4.69, 9.17) is 4.74 Å². The minimum absolute atomic E-state index is 0. The number of methoxy groups -OCH3 is 1. The monoisotopic (exact) mass is 300 g/mol. The zero-order valence-corrected chi connectivity index (χ0v) is 14.0. The normalized spacial score (nSPS) is 18.1. The standard InChI is InChI=1S/C15H22O2.C2H6.ClH/c1-12(15(16)10-4-3-5-11-15)13-6-8-14(17-2)9-7-13;1-2;/h6-9,12,16H,3-5,10-11H2,1-2H3;1-2H3;1H. The molecule has 1 aliphatic rings. The molecule has 1 unspecified atom stereocenters. The van der Waals surface area contributed by atoms with Gasteiger partial charge >= 0.3 is 0 Å². The molecule has 0 saturated heterocycles. The fourth-order valence-corrected chi connectivity index (χ4v) is 2.80. The molecule has 1 aliphatic carbocycles. The van der Waals surface area contributed by atoms with Crippen LogP contribution in [0.4, 0.5) is 0 Å². The van der Waals surface area contributed by atoms with Crippen molar-refractivity contribution in [3.8, 4) is 5.75 Å². The van der Waals surface area contributed by atoms with Crippen molar-refractivity contribution in [1.29, 1.82) is 0 Å². The van der Waals surface area contributed by atoms with Crippen molar-refractivity contribution in [2.75, 3.05) is 7.11 Å². The summed E-state index contributed by atoms with van der Waals surface area (Å²) < 4.78 is 5.16. The number of halogens is 1. The Morgan fingerprint density at radius 2 is 1.55 bits per heavy atom. The minimum atomic E-state index is -0.507. The van der Waals surface area contributed by atoms with Gasteiger partial charge < -0.3 is 9.84 Å². The summed E-state index contributed by atoms with van der Waals surface area (Å²) in [6.07, 6.45) is 5.42. The predicted octanol–water partition coefficient (Wildman–Crippen LogP) is 4.94. The van der Waals surface area contributed by atoms with Crippen molar-refractivity contribution < 1.29 is 9.84 Å². The molecule has 1 aromatic rings. The molecule has 0 aromatic heterocycles. The van der Waals surface area contributed by atoms with Crippen LogP contribution in [0.1, 0.15) is 64.4 Å². The first kappa shape index (κ1) is 19.3. The number of hydrogen-bond donors (Lipinski definition) is 1. The molecule has 3 heteroatoms. The average molecular weight is 301 g/mol. The first-order chi connectivity index (χ1) is 9.15. The summed E-state index contributed by atoms with van der Waals surface area (Å²) in [7, 11) is 1.67. The first-order valence-electron chi connectivity index (χ1n) is 7.52. The van der Waals surface area contributed by atoms with Crippen LogP contribution in [-0.2, 0) is 0 Å². The molecule has 0 amide bonds.